The molecule has 0 aliphatic rings. The summed E-state index contributed by atoms with van der Waals surface area (Å²) in [5.41, 5.74) is 0. The first kappa shape index (κ1) is 11.0. The fraction of sp³-hybridized carbons (Fsp3) is 0.333. The van der Waals surface area contributed by atoms with Crippen LogP contribution in [0.15, 0.2) is 17.1 Å². The third kappa shape index (κ3) is 3.02. The number of hydrogen-bond donors (Lipinski definition) is 1. The van der Waals surface area contributed by atoms with Crippen molar-refractivity contribution >= 4 is 28.8 Å². The molecule has 0 bridgehead atoms. The van der Waals surface area contributed by atoms with Gasteiger partial charge in [-0.05, 0) is 26.0 Å². The second-order valence-corrected chi connectivity index (χ2v) is 4.52. The lowest BCUT2D eigenvalue weighted by molar-refractivity contribution is 0.831. The number of amidine groups is 1. The SMILES string of the molecule is CC(=NC(C)c1ccc(Cl)s1)NC#N. The molecule has 1 aromatic rings. The van der Waals surface area contributed by atoms with Crippen molar-refractivity contribution in [1.82, 2.24) is 5.32 Å². The number of nitrogens with zero attached hydrogens (tertiary/aromatic N) is 2. The van der Waals surface area contributed by atoms with E-state index in [4.69, 9.17) is 16.9 Å². The van der Waals surface area contributed by atoms with Gasteiger partial charge in [-0.3, -0.25) is 10.3 Å². The molecule has 0 aliphatic carbocycles. The molecule has 74 valence electrons. The molecule has 0 saturated heterocycles. The molecule has 0 saturated carbocycles. The average molecular weight is 228 g/mol. The van der Waals surface area contributed by atoms with Crippen molar-refractivity contribution in [1.29, 1.82) is 5.26 Å². The smallest absolute Gasteiger partial charge is 0.182 e. The quantitative estimate of drug-likeness (QED) is 0.366. The molecule has 1 N–H and O–H groups in total. The Balaban J connectivity index is 2.72. The first-order chi connectivity index (χ1) is 6.63. The lowest BCUT2D eigenvalue weighted by Crippen LogP contribution is -2.13. The zero-order valence-corrected chi connectivity index (χ0v) is 9.49. The molecule has 0 aliphatic heterocycles. The van der Waals surface area contributed by atoms with Gasteiger partial charge in [-0.15, -0.1) is 11.3 Å². The highest BCUT2D eigenvalue weighted by molar-refractivity contribution is 7.16. The first-order valence-electron chi connectivity index (χ1n) is 4.08. The maximum absolute atomic E-state index is 8.36. The van der Waals surface area contributed by atoms with Crippen molar-refractivity contribution < 1.29 is 0 Å². The second-order valence-electron chi connectivity index (χ2n) is 2.77. The molecule has 1 rings (SSSR count). The number of hydrogen-bond acceptors (Lipinski definition) is 3. The summed E-state index contributed by atoms with van der Waals surface area (Å²) in [5, 5.41) is 10.8. The number of rotatable bonds is 2. The van der Waals surface area contributed by atoms with Gasteiger partial charge in [-0.2, -0.15) is 5.26 Å². The molecule has 5 heteroatoms. The van der Waals surface area contributed by atoms with Crippen LogP contribution >= 0.6 is 22.9 Å². The third-order valence-corrected chi connectivity index (χ3v) is 3.03. The van der Waals surface area contributed by atoms with E-state index in [-0.39, 0.29) is 6.04 Å². The monoisotopic (exact) mass is 227 g/mol. The highest BCUT2D eigenvalue weighted by Crippen LogP contribution is 2.28. The number of aliphatic imine (C=N–C) groups is 1. The van der Waals surface area contributed by atoms with Gasteiger partial charge < -0.3 is 0 Å². The maximum atomic E-state index is 8.36. The first-order valence-corrected chi connectivity index (χ1v) is 5.27. The molecular weight excluding hydrogens is 218 g/mol. The summed E-state index contributed by atoms with van der Waals surface area (Å²) in [6.45, 7) is 3.72. The Morgan fingerprint density at radius 2 is 2.43 bits per heavy atom. The molecule has 0 amide bonds. The summed E-state index contributed by atoms with van der Waals surface area (Å²) in [6.07, 6.45) is 1.83. The summed E-state index contributed by atoms with van der Waals surface area (Å²) < 4.78 is 0.757. The lowest BCUT2D eigenvalue weighted by Gasteiger charge is -2.04. The van der Waals surface area contributed by atoms with Crippen LogP contribution < -0.4 is 5.32 Å². The Kier molecular flexibility index (Phi) is 3.93. The van der Waals surface area contributed by atoms with Gasteiger partial charge in [0.05, 0.1) is 10.4 Å². The largest absolute Gasteiger partial charge is 0.281 e. The van der Waals surface area contributed by atoms with Crippen LogP contribution in [0.5, 0.6) is 0 Å². The minimum atomic E-state index is 0.0355. The van der Waals surface area contributed by atoms with Gasteiger partial charge in [0.25, 0.3) is 0 Å². The minimum Gasteiger partial charge on any atom is -0.281 e. The van der Waals surface area contributed by atoms with Crippen LogP contribution in [0.3, 0.4) is 0 Å². The highest BCUT2D eigenvalue weighted by Gasteiger charge is 2.06. The van der Waals surface area contributed by atoms with Crippen molar-refractivity contribution in [3.63, 3.8) is 0 Å². The van der Waals surface area contributed by atoms with E-state index >= 15 is 0 Å². The van der Waals surface area contributed by atoms with Crippen LogP contribution in [0.25, 0.3) is 0 Å². The van der Waals surface area contributed by atoms with Crippen molar-refractivity contribution in [2.24, 2.45) is 4.99 Å². The van der Waals surface area contributed by atoms with Crippen molar-refractivity contribution in [3.8, 4) is 6.19 Å². The Bertz CT molecular complexity index is 378. The van der Waals surface area contributed by atoms with E-state index in [0.29, 0.717) is 5.84 Å². The molecule has 0 spiro atoms. The van der Waals surface area contributed by atoms with E-state index in [2.05, 4.69) is 10.3 Å². The summed E-state index contributed by atoms with van der Waals surface area (Å²) in [6, 6.07) is 3.83. The normalized spacial score (nSPS) is 13.4. The summed E-state index contributed by atoms with van der Waals surface area (Å²) in [4.78, 5) is 5.38. The summed E-state index contributed by atoms with van der Waals surface area (Å²) in [7, 11) is 0. The van der Waals surface area contributed by atoms with Crippen LogP contribution in [0, 0.1) is 11.5 Å². The van der Waals surface area contributed by atoms with Crippen LogP contribution in [0.1, 0.15) is 24.8 Å². The van der Waals surface area contributed by atoms with Gasteiger partial charge in [0.2, 0.25) is 0 Å². The van der Waals surface area contributed by atoms with Gasteiger partial charge in [-0.1, -0.05) is 11.6 Å². The predicted molar refractivity (Wildman–Crippen MR) is 59.6 cm³/mol. The Hall–Kier alpha value is -1.05. The maximum Gasteiger partial charge on any atom is 0.182 e. The van der Waals surface area contributed by atoms with Gasteiger partial charge >= 0.3 is 0 Å². The van der Waals surface area contributed by atoms with Crippen LogP contribution in [-0.4, -0.2) is 5.84 Å². The zero-order valence-electron chi connectivity index (χ0n) is 7.91. The predicted octanol–water partition coefficient (Wildman–Crippen LogP) is 2.95. The van der Waals surface area contributed by atoms with E-state index < -0.39 is 0 Å². The number of halogens is 1. The summed E-state index contributed by atoms with van der Waals surface area (Å²) in [5.74, 6) is 0.615. The van der Waals surface area contributed by atoms with Crippen LogP contribution in [0.2, 0.25) is 4.34 Å². The van der Waals surface area contributed by atoms with Crippen LogP contribution in [-0.2, 0) is 0 Å². The molecule has 1 heterocycles. The Morgan fingerprint density at radius 1 is 1.71 bits per heavy atom. The Labute approximate surface area is 92.0 Å². The van der Waals surface area contributed by atoms with Gasteiger partial charge in [0.15, 0.2) is 6.19 Å². The fourth-order valence-electron chi connectivity index (χ4n) is 1.02. The van der Waals surface area contributed by atoms with Crippen molar-refractivity contribution in [2.45, 2.75) is 19.9 Å². The van der Waals surface area contributed by atoms with Gasteiger partial charge in [0.1, 0.15) is 5.84 Å². The Morgan fingerprint density at radius 3 is 2.93 bits per heavy atom. The van der Waals surface area contributed by atoms with E-state index in [1.165, 1.54) is 11.3 Å². The molecule has 3 nitrogen and oxygen atoms in total. The second kappa shape index (κ2) is 4.99. The van der Waals surface area contributed by atoms with Crippen molar-refractivity contribution in [2.75, 3.05) is 0 Å². The van der Waals surface area contributed by atoms with Crippen molar-refractivity contribution in [3.05, 3.63) is 21.3 Å². The topological polar surface area (TPSA) is 48.2 Å². The van der Waals surface area contributed by atoms with E-state index in [1.54, 1.807) is 6.92 Å². The standard InChI is InChI=1S/C9H10ClN3S/c1-6(13-7(2)12-5-11)8-3-4-9(10)14-8/h3-4,6H,1-2H3,(H,12,13). The van der Waals surface area contributed by atoms with E-state index in [0.717, 1.165) is 9.21 Å². The molecule has 14 heavy (non-hydrogen) atoms. The third-order valence-electron chi connectivity index (χ3n) is 1.63. The minimum absolute atomic E-state index is 0.0355. The molecule has 0 radical (unpaired) electrons. The fourth-order valence-corrected chi connectivity index (χ4v) is 2.07. The lowest BCUT2D eigenvalue weighted by atomic mass is 10.3. The van der Waals surface area contributed by atoms with E-state index in [9.17, 15) is 0 Å². The number of thiophene rings is 1. The molecule has 1 aromatic heterocycles. The number of nitrogens with one attached hydrogen (secondary N) is 1. The number of nitriles is 1. The zero-order chi connectivity index (χ0) is 10.6. The molecule has 1 atom stereocenters. The van der Waals surface area contributed by atoms with Gasteiger partial charge in [-0.25, -0.2) is 0 Å². The van der Waals surface area contributed by atoms with Crippen LogP contribution in [0.4, 0.5) is 0 Å². The highest BCUT2D eigenvalue weighted by atomic mass is 35.5. The molecule has 1 unspecified atom stereocenters. The summed E-state index contributed by atoms with van der Waals surface area (Å²) >= 11 is 7.31. The average Bonchev–Trinajstić information content (AvgIpc) is 2.52. The molecule has 0 fully saturated rings. The molecule has 0 aromatic carbocycles. The van der Waals surface area contributed by atoms with E-state index in [1.807, 2.05) is 25.2 Å². The van der Waals surface area contributed by atoms with Gasteiger partial charge in [0, 0.05) is 4.88 Å². The molecular formula is C9H10ClN3S.